The molecule has 0 amide bonds. The first-order valence-corrected chi connectivity index (χ1v) is 7.55. The van der Waals surface area contributed by atoms with Crippen LogP contribution >= 0.6 is 11.3 Å². The van der Waals surface area contributed by atoms with Crippen molar-refractivity contribution in [1.82, 2.24) is 15.0 Å². The van der Waals surface area contributed by atoms with E-state index in [1.165, 1.54) is 5.56 Å². The zero-order valence-corrected chi connectivity index (χ0v) is 12.1. The normalized spacial score (nSPS) is 10.7. The second-order valence-electron chi connectivity index (χ2n) is 4.56. The van der Waals surface area contributed by atoms with Gasteiger partial charge in [-0.1, -0.05) is 13.3 Å². The van der Waals surface area contributed by atoms with E-state index in [-0.39, 0.29) is 0 Å². The van der Waals surface area contributed by atoms with Crippen molar-refractivity contribution in [3.63, 3.8) is 0 Å². The third-order valence-electron chi connectivity index (χ3n) is 3.12. The van der Waals surface area contributed by atoms with E-state index in [4.69, 9.17) is 4.98 Å². The Morgan fingerprint density at radius 1 is 1.10 bits per heavy atom. The van der Waals surface area contributed by atoms with E-state index in [1.807, 2.05) is 30.7 Å². The molecular formula is C16H15N3S. The van der Waals surface area contributed by atoms with Crippen molar-refractivity contribution >= 4 is 11.3 Å². The Balaban J connectivity index is 1.98. The molecule has 0 aliphatic heterocycles. The summed E-state index contributed by atoms with van der Waals surface area (Å²) in [6.45, 7) is 2.19. The van der Waals surface area contributed by atoms with E-state index in [1.54, 1.807) is 17.5 Å². The van der Waals surface area contributed by atoms with Gasteiger partial charge in [-0.15, -0.1) is 11.3 Å². The van der Waals surface area contributed by atoms with Gasteiger partial charge in [0.05, 0.1) is 5.69 Å². The first kappa shape index (κ1) is 12.9. The van der Waals surface area contributed by atoms with Crippen LogP contribution in [0.25, 0.3) is 21.8 Å². The first-order chi connectivity index (χ1) is 9.88. The van der Waals surface area contributed by atoms with E-state index in [0.29, 0.717) is 0 Å². The van der Waals surface area contributed by atoms with Crippen LogP contribution in [-0.4, -0.2) is 15.0 Å². The van der Waals surface area contributed by atoms with Crippen LogP contribution < -0.4 is 0 Å². The summed E-state index contributed by atoms with van der Waals surface area (Å²) in [7, 11) is 0. The number of aryl methyl sites for hydroxylation is 1. The molecular weight excluding hydrogens is 266 g/mol. The summed E-state index contributed by atoms with van der Waals surface area (Å²) in [6.07, 6.45) is 9.56. The van der Waals surface area contributed by atoms with Crippen molar-refractivity contribution in [2.24, 2.45) is 0 Å². The lowest BCUT2D eigenvalue weighted by atomic mass is 10.1. The highest BCUT2D eigenvalue weighted by Crippen LogP contribution is 2.30. The van der Waals surface area contributed by atoms with Gasteiger partial charge in [0.2, 0.25) is 0 Å². The summed E-state index contributed by atoms with van der Waals surface area (Å²) in [5.41, 5.74) is 4.49. The molecule has 3 nitrogen and oxygen atoms in total. The van der Waals surface area contributed by atoms with Crippen LogP contribution in [-0.2, 0) is 6.42 Å². The molecule has 20 heavy (non-hydrogen) atoms. The third-order valence-corrected chi connectivity index (χ3v) is 4.00. The van der Waals surface area contributed by atoms with Crippen LogP contribution in [0.5, 0.6) is 0 Å². The topological polar surface area (TPSA) is 38.7 Å². The molecule has 3 heterocycles. The van der Waals surface area contributed by atoms with Crippen molar-refractivity contribution in [3.8, 4) is 21.8 Å². The smallest absolute Gasteiger partial charge is 0.125 e. The fourth-order valence-corrected chi connectivity index (χ4v) is 3.02. The van der Waals surface area contributed by atoms with Gasteiger partial charge in [-0.25, -0.2) is 4.98 Å². The van der Waals surface area contributed by atoms with Crippen molar-refractivity contribution in [3.05, 3.63) is 53.9 Å². The molecule has 0 saturated carbocycles. The molecule has 100 valence electrons. The van der Waals surface area contributed by atoms with Crippen molar-refractivity contribution in [2.75, 3.05) is 0 Å². The van der Waals surface area contributed by atoms with Crippen LogP contribution in [0.15, 0.2) is 48.4 Å². The third kappa shape index (κ3) is 2.60. The summed E-state index contributed by atoms with van der Waals surface area (Å²) in [4.78, 5) is 13.1. The van der Waals surface area contributed by atoms with Gasteiger partial charge in [-0.05, 0) is 30.2 Å². The number of aromatic nitrogens is 3. The minimum absolute atomic E-state index is 0.976. The molecule has 0 radical (unpaired) electrons. The maximum atomic E-state index is 4.73. The lowest BCUT2D eigenvalue weighted by molar-refractivity contribution is 0.920. The maximum absolute atomic E-state index is 4.73. The Kier molecular flexibility index (Phi) is 3.83. The van der Waals surface area contributed by atoms with Crippen LogP contribution in [0.1, 0.15) is 18.9 Å². The first-order valence-electron chi connectivity index (χ1n) is 6.67. The van der Waals surface area contributed by atoms with Crippen LogP contribution in [0.4, 0.5) is 0 Å². The largest absolute Gasteiger partial charge is 0.264 e. The van der Waals surface area contributed by atoms with E-state index in [0.717, 1.165) is 34.7 Å². The molecule has 4 heteroatoms. The van der Waals surface area contributed by atoms with Crippen molar-refractivity contribution < 1.29 is 0 Å². The predicted octanol–water partition coefficient (Wildman–Crippen LogP) is 4.22. The summed E-state index contributed by atoms with van der Waals surface area (Å²) >= 11 is 1.66. The second kappa shape index (κ2) is 5.92. The zero-order valence-electron chi connectivity index (χ0n) is 11.3. The minimum atomic E-state index is 0.976. The van der Waals surface area contributed by atoms with Crippen LogP contribution in [0.3, 0.4) is 0 Å². The van der Waals surface area contributed by atoms with Crippen LogP contribution in [0, 0.1) is 0 Å². The molecule has 0 unspecified atom stereocenters. The number of thiazole rings is 1. The summed E-state index contributed by atoms with van der Waals surface area (Å²) in [5.74, 6) is 0. The SMILES string of the molecule is CCCc1ccncc1-c1nc(-c2cccnc2)cs1. The molecule has 0 aromatic carbocycles. The van der Waals surface area contributed by atoms with E-state index in [2.05, 4.69) is 28.3 Å². The highest BCUT2D eigenvalue weighted by molar-refractivity contribution is 7.13. The molecule has 3 aromatic heterocycles. The number of rotatable bonds is 4. The lowest BCUT2D eigenvalue weighted by Gasteiger charge is -2.04. The fraction of sp³-hybridized carbons (Fsp3) is 0.188. The Labute approximate surface area is 122 Å². The summed E-state index contributed by atoms with van der Waals surface area (Å²) < 4.78 is 0. The summed E-state index contributed by atoms with van der Waals surface area (Å²) in [6, 6.07) is 6.05. The van der Waals surface area contributed by atoms with E-state index in [9.17, 15) is 0 Å². The predicted molar refractivity (Wildman–Crippen MR) is 82.6 cm³/mol. The monoisotopic (exact) mass is 281 g/mol. The molecule has 3 rings (SSSR count). The van der Waals surface area contributed by atoms with Gasteiger partial charge in [0.1, 0.15) is 5.01 Å². The Morgan fingerprint density at radius 2 is 2.00 bits per heavy atom. The maximum Gasteiger partial charge on any atom is 0.125 e. The van der Waals surface area contributed by atoms with Gasteiger partial charge >= 0.3 is 0 Å². The molecule has 0 N–H and O–H groups in total. The molecule has 3 aromatic rings. The average Bonchev–Trinajstić information content (AvgIpc) is 2.99. The highest BCUT2D eigenvalue weighted by atomic mass is 32.1. The van der Waals surface area contributed by atoms with Crippen LogP contribution in [0.2, 0.25) is 0 Å². The van der Waals surface area contributed by atoms with Gasteiger partial charge in [0.15, 0.2) is 0 Å². The van der Waals surface area contributed by atoms with E-state index < -0.39 is 0 Å². The second-order valence-corrected chi connectivity index (χ2v) is 5.42. The average molecular weight is 281 g/mol. The highest BCUT2D eigenvalue weighted by Gasteiger charge is 2.10. The lowest BCUT2D eigenvalue weighted by Crippen LogP contribution is -1.90. The Hall–Kier alpha value is -2.07. The van der Waals surface area contributed by atoms with Gasteiger partial charge in [-0.3, -0.25) is 9.97 Å². The Bertz CT molecular complexity index is 692. The molecule has 0 saturated heterocycles. The van der Waals surface area contributed by atoms with Crippen molar-refractivity contribution in [1.29, 1.82) is 0 Å². The molecule has 0 aliphatic rings. The van der Waals surface area contributed by atoms with Gasteiger partial charge in [0.25, 0.3) is 0 Å². The molecule has 0 bridgehead atoms. The number of pyridine rings is 2. The molecule has 0 atom stereocenters. The quantitative estimate of drug-likeness (QED) is 0.718. The Morgan fingerprint density at radius 3 is 2.80 bits per heavy atom. The van der Waals surface area contributed by atoms with Gasteiger partial charge < -0.3 is 0 Å². The fourth-order valence-electron chi connectivity index (χ4n) is 2.15. The van der Waals surface area contributed by atoms with E-state index >= 15 is 0 Å². The van der Waals surface area contributed by atoms with Gasteiger partial charge in [0, 0.05) is 41.3 Å². The standard InChI is InChI=1S/C16H15N3S/c1-2-4-12-6-8-18-10-14(12)16-19-15(11-20-16)13-5-3-7-17-9-13/h3,5-11H,2,4H2,1H3. The zero-order chi connectivity index (χ0) is 13.8. The van der Waals surface area contributed by atoms with Crippen molar-refractivity contribution in [2.45, 2.75) is 19.8 Å². The molecule has 0 fully saturated rings. The minimum Gasteiger partial charge on any atom is -0.264 e. The molecule has 0 spiro atoms. The number of hydrogen-bond acceptors (Lipinski definition) is 4. The number of hydrogen-bond donors (Lipinski definition) is 0. The number of nitrogens with zero attached hydrogens (tertiary/aromatic N) is 3. The molecule has 0 aliphatic carbocycles. The van der Waals surface area contributed by atoms with Gasteiger partial charge in [-0.2, -0.15) is 0 Å². The summed E-state index contributed by atoms with van der Waals surface area (Å²) in [5, 5.41) is 3.11.